The van der Waals surface area contributed by atoms with Crippen LogP contribution in [0.1, 0.15) is 11.1 Å². The van der Waals surface area contributed by atoms with Gasteiger partial charge in [0.1, 0.15) is 0 Å². The molecule has 0 aliphatic heterocycles. The molecule has 0 radical (unpaired) electrons. The van der Waals surface area contributed by atoms with Crippen molar-refractivity contribution in [3.05, 3.63) is 35.4 Å². The maximum Gasteiger partial charge on any atom is 0.417 e. The lowest BCUT2D eigenvalue weighted by Crippen LogP contribution is -2.28. The van der Waals surface area contributed by atoms with E-state index in [1.807, 2.05) is 0 Å². The summed E-state index contributed by atoms with van der Waals surface area (Å²) >= 11 is 4.72. The van der Waals surface area contributed by atoms with Crippen molar-refractivity contribution >= 4 is 23.5 Å². The normalized spacial score (nSPS) is 11.5. The molecule has 1 aromatic rings. The van der Waals surface area contributed by atoms with E-state index in [1.54, 1.807) is 7.05 Å². The van der Waals surface area contributed by atoms with E-state index in [9.17, 15) is 13.2 Å². The van der Waals surface area contributed by atoms with Gasteiger partial charge in [0.25, 0.3) is 0 Å². The van der Waals surface area contributed by atoms with Crippen LogP contribution in [0.2, 0.25) is 0 Å². The first-order valence-corrected chi connectivity index (χ1v) is 5.03. The SMILES string of the molecule is CNC(=S)NN=Cc1ccccc1C(F)(F)F. The van der Waals surface area contributed by atoms with Crippen molar-refractivity contribution in [3.63, 3.8) is 0 Å². The van der Waals surface area contributed by atoms with Crippen molar-refractivity contribution in [1.82, 2.24) is 10.7 Å². The van der Waals surface area contributed by atoms with Gasteiger partial charge in [-0.2, -0.15) is 18.3 Å². The quantitative estimate of drug-likeness (QED) is 0.486. The predicted octanol–water partition coefficient (Wildman–Crippen LogP) is 2.13. The number of thiocarbonyl (C=S) groups is 1. The second-order valence-electron chi connectivity index (χ2n) is 3.03. The highest BCUT2D eigenvalue weighted by atomic mass is 32.1. The van der Waals surface area contributed by atoms with Gasteiger partial charge in [-0.1, -0.05) is 18.2 Å². The molecule has 0 fully saturated rings. The van der Waals surface area contributed by atoms with E-state index in [1.165, 1.54) is 18.2 Å². The average molecular weight is 261 g/mol. The molecule has 3 nitrogen and oxygen atoms in total. The molecule has 0 heterocycles. The highest BCUT2D eigenvalue weighted by Crippen LogP contribution is 2.30. The molecule has 0 bridgehead atoms. The lowest BCUT2D eigenvalue weighted by atomic mass is 10.1. The minimum Gasteiger partial charge on any atom is -0.364 e. The molecule has 0 saturated carbocycles. The average Bonchev–Trinajstić information content (AvgIpc) is 2.28. The van der Waals surface area contributed by atoms with E-state index in [4.69, 9.17) is 12.2 Å². The van der Waals surface area contributed by atoms with Crippen molar-refractivity contribution in [3.8, 4) is 0 Å². The smallest absolute Gasteiger partial charge is 0.364 e. The van der Waals surface area contributed by atoms with Gasteiger partial charge in [0.05, 0.1) is 11.8 Å². The fraction of sp³-hybridized carbons (Fsp3) is 0.200. The zero-order valence-electron chi connectivity index (χ0n) is 8.88. The third-order valence-electron chi connectivity index (χ3n) is 1.86. The molecule has 0 atom stereocenters. The van der Waals surface area contributed by atoms with E-state index in [-0.39, 0.29) is 10.7 Å². The summed E-state index contributed by atoms with van der Waals surface area (Å²) in [5.41, 5.74) is 1.62. The first kappa shape index (κ1) is 13.4. The van der Waals surface area contributed by atoms with Crippen LogP contribution in [0.3, 0.4) is 0 Å². The highest BCUT2D eigenvalue weighted by Gasteiger charge is 2.32. The molecule has 0 saturated heterocycles. The molecule has 1 rings (SSSR count). The second kappa shape index (κ2) is 5.62. The summed E-state index contributed by atoms with van der Waals surface area (Å²) < 4.78 is 37.7. The minimum absolute atomic E-state index is 0.0218. The van der Waals surface area contributed by atoms with E-state index in [2.05, 4.69) is 15.8 Å². The molecule has 92 valence electrons. The fourth-order valence-corrected chi connectivity index (χ4v) is 1.14. The van der Waals surface area contributed by atoms with Gasteiger partial charge in [0.2, 0.25) is 0 Å². The molecule has 7 heteroatoms. The fourth-order valence-electron chi connectivity index (χ4n) is 1.08. The van der Waals surface area contributed by atoms with Crippen LogP contribution >= 0.6 is 12.2 Å². The van der Waals surface area contributed by atoms with Crippen LogP contribution < -0.4 is 10.7 Å². The van der Waals surface area contributed by atoms with E-state index in [0.29, 0.717) is 0 Å². The van der Waals surface area contributed by atoms with Crippen LogP contribution in [-0.4, -0.2) is 18.4 Å². The molecule has 0 aromatic heterocycles. The standard InChI is InChI=1S/C10H10F3N3S/c1-14-9(17)16-15-6-7-4-2-3-5-8(7)10(11,12)13/h2-6H,1H3,(H2,14,16,17). The van der Waals surface area contributed by atoms with Gasteiger partial charge in [-0.25, -0.2) is 0 Å². The van der Waals surface area contributed by atoms with Gasteiger partial charge in [0.15, 0.2) is 5.11 Å². The first-order chi connectivity index (χ1) is 7.95. The summed E-state index contributed by atoms with van der Waals surface area (Å²) in [6, 6.07) is 5.16. The Labute approximate surface area is 102 Å². The summed E-state index contributed by atoms with van der Waals surface area (Å²) in [4.78, 5) is 0. The Kier molecular flexibility index (Phi) is 4.45. The Morgan fingerprint density at radius 2 is 2.00 bits per heavy atom. The number of rotatable bonds is 2. The zero-order chi connectivity index (χ0) is 12.9. The van der Waals surface area contributed by atoms with Crippen LogP contribution in [-0.2, 0) is 6.18 Å². The molecular weight excluding hydrogens is 251 g/mol. The Bertz CT molecular complexity index is 429. The van der Waals surface area contributed by atoms with Crippen molar-refractivity contribution in [2.45, 2.75) is 6.18 Å². The minimum atomic E-state index is -4.40. The van der Waals surface area contributed by atoms with E-state index in [0.717, 1.165) is 12.3 Å². The van der Waals surface area contributed by atoms with Crippen molar-refractivity contribution in [2.75, 3.05) is 7.05 Å². The molecule has 1 aromatic carbocycles. The van der Waals surface area contributed by atoms with Crippen LogP contribution in [0.15, 0.2) is 29.4 Å². The monoisotopic (exact) mass is 261 g/mol. The maximum atomic E-state index is 12.6. The van der Waals surface area contributed by atoms with Gasteiger partial charge < -0.3 is 5.32 Å². The molecule has 0 aliphatic carbocycles. The van der Waals surface area contributed by atoms with Gasteiger partial charge in [-0.3, -0.25) is 5.43 Å². The third kappa shape index (κ3) is 4.03. The number of benzene rings is 1. The van der Waals surface area contributed by atoms with E-state index >= 15 is 0 Å². The molecule has 0 unspecified atom stereocenters. The third-order valence-corrected chi connectivity index (χ3v) is 2.16. The Morgan fingerprint density at radius 3 is 2.59 bits per heavy atom. The Balaban J connectivity index is 2.88. The van der Waals surface area contributed by atoms with Crippen molar-refractivity contribution in [1.29, 1.82) is 0 Å². The molecule has 2 N–H and O–H groups in total. The summed E-state index contributed by atoms with van der Waals surface area (Å²) in [6.45, 7) is 0. The van der Waals surface area contributed by atoms with Gasteiger partial charge in [0, 0.05) is 12.6 Å². The number of alkyl halides is 3. The molecular formula is C10H10F3N3S. The van der Waals surface area contributed by atoms with Crippen molar-refractivity contribution in [2.24, 2.45) is 5.10 Å². The lowest BCUT2D eigenvalue weighted by molar-refractivity contribution is -0.137. The zero-order valence-corrected chi connectivity index (χ0v) is 9.69. The van der Waals surface area contributed by atoms with Crippen LogP contribution in [0, 0.1) is 0 Å². The summed E-state index contributed by atoms with van der Waals surface area (Å²) in [6.07, 6.45) is -3.32. The summed E-state index contributed by atoms with van der Waals surface area (Å²) in [5, 5.41) is 6.42. The maximum absolute atomic E-state index is 12.6. The molecule has 0 spiro atoms. The van der Waals surface area contributed by atoms with Crippen molar-refractivity contribution < 1.29 is 13.2 Å². The molecule has 0 aliphatic rings. The molecule has 0 amide bonds. The predicted molar refractivity (Wildman–Crippen MR) is 63.8 cm³/mol. The largest absolute Gasteiger partial charge is 0.417 e. The van der Waals surface area contributed by atoms with Gasteiger partial charge in [-0.15, -0.1) is 0 Å². The number of nitrogens with one attached hydrogen (secondary N) is 2. The topological polar surface area (TPSA) is 36.4 Å². The summed E-state index contributed by atoms with van der Waals surface area (Å²) in [7, 11) is 1.58. The Hall–Kier alpha value is -1.63. The first-order valence-electron chi connectivity index (χ1n) is 4.62. The molecule has 17 heavy (non-hydrogen) atoms. The number of hydrazone groups is 1. The van der Waals surface area contributed by atoms with Gasteiger partial charge in [-0.05, 0) is 18.3 Å². The van der Waals surface area contributed by atoms with Crippen LogP contribution in [0.25, 0.3) is 0 Å². The number of nitrogens with zero attached hydrogens (tertiary/aromatic N) is 1. The lowest BCUT2D eigenvalue weighted by Gasteiger charge is -2.09. The van der Waals surface area contributed by atoms with Crippen LogP contribution in [0.4, 0.5) is 13.2 Å². The number of halogens is 3. The summed E-state index contributed by atoms with van der Waals surface area (Å²) in [5.74, 6) is 0. The second-order valence-corrected chi connectivity index (χ2v) is 3.44. The number of hydrogen-bond acceptors (Lipinski definition) is 2. The number of hydrogen-bond donors (Lipinski definition) is 2. The van der Waals surface area contributed by atoms with Gasteiger partial charge >= 0.3 is 6.18 Å². The Morgan fingerprint density at radius 1 is 1.35 bits per heavy atom. The highest BCUT2D eigenvalue weighted by molar-refractivity contribution is 7.80. The van der Waals surface area contributed by atoms with Crippen LogP contribution in [0.5, 0.6) is 0 Å². The van der Waals surface area contributed by atoms with E-state index < -0.39 is 11.7 Å².